The Labute approximate surface area is 104 Å². The van der Waals surface area contributed by atoms with Crippen molar-refractivity contribution in [1.82, 2.24) is 0 Å². The van der Waals surface area contributed by atoms with Gasteiger partial charge in [-0.15, -0.1) is 0 Å². The minimum atomic E-state index is 0.318. The van der Waals surface area contributed by atoms with Crippen molar-refractivity contribution in [3.8, 4) is 0 Å². The molecular formula is C15H23NO. The van der Waals surface area contributed by atoms with E-state index in [-0.39, 0.29) is 0 Å². The summed E-state index contributed by atoms with van der Waals surface area (Å²) in [5.74, 6) is 0.444. The largest absolute Gasteiger partial charge is 0.461 e. The van der Waals surface area contributed by atoms with E-state index in [1.54, 1.807) is 0 Å². The molecule has 0 radical (unpaired) electrons. The van der Waals surface area contributed by atoms with Gasteiger partial charge in [0.1, 0.15) is 0 Å². The summed E-state index contributed by atoms with van der Waals surface area (Å²) in [7, 11) is 4.26. The Balaban J connectivity index is 1.96. The van der Waals surface area contributed by atoms with Gasteiger partial charge in [-0.2, -0.15) is 7.05 Å². The number of hydrogen-bond donors (Lipinski definition) is 2. The standard InChI is InChI=1S/C15H23NO/c1-16(11-13-7-3-2-4-8-13)15-10-6-5-9-14(15)12-17/h2-4,7-8,14-17H,1,5-6,9-12H2/t14-,15-/m0/s1. The summed E-state index contributed by atoms with van der Waals surface area (Å²) in [6.07, 6.45) is 4.92. The quantitative estimate of drug-likeness (QED) is 0.755. The molecule has 2 heteroatoms. The summed E-state index contributed by atoms with van der Waals surface area (Å²) in [5, 5.41) is 9.44. The lowest BCUT2D eigenvalue weighted by Crippen LogP contribution is -3.10. The van der Waals surface area contributed by atoms with Crippen LogP contribution in [-0.2, 0) is 6.54 Å². The molecule has 2 rings (SSSR count). The molecule has 0 saturated heterocycles. The third kappa shape index (κ3) is 3.30. The number of benzene rings is 1. The molecule has 1 aromatic carbocycles. The van der Waals surface area contributed by atoms with E-state index in [1.807, 2.05) is 6.07 Å². The van der Waals surface area contributed by atoms with E-state index in [4.69, 9.17) is 0 Å². The molecule has 2 nitrogen and oxygen atoms in total. The van der Waals surface area contributed by atoms with Crippen molar-refractivity contribution in [2.45, 2.75) is 38.3 Å². The zero-order valence-corrected chi connectivity index (χ0v) is 10.4. The van der Waals surface area contributed by atoms with Crippen LogP contribution in [0.5, 0.6) is 0 Å². The molecule has 0 heterocycles. The maximum absolute atomic E-state index is 9.44. The van der Waals surface area contributed by atoms with Gasteiger partial charge < -0.3 is 10.0 Å². The molecule has 3 atom stereocenters. The molecule has 0 aliphatic heterocycles. The van der Waals surface area contributed by atoms with Crippen molar-refractivity contribution < 1.29 is 10.0 Å². The first-order valence-electron chi connectivity index (χ1n) is 6.63. The Kier molecular flexibility index (Phi) is 4.57. The minimum Gasteiger partial charge on any atom is -0.461 e. The molecule has 1 aromatic rings. The lowest BCUT2D eigenvalue weighted by molar-refractivity contribution is -0.900. The molecule has 0 spiro atoms. The fourth-order valence-corrected chi connectivity index (χ4v) is 2.95. The average molecular weight is 233 g/mol. The van der Waals surface area contributed by atoms with Crippen LogP contribution in [0.4, 0.5) is 0 Å². The van der Waals surface area contributed by atoms with Crippen LogP contribution in [0.1, 0.15) is 31.2 Å². The van der Waals surface area contributed by atoms with E-state index in [0.29, 0.717) is 18.6 Å². The Morgan fingerprint density at radius 3 is 2.59 bits per heavy atom. The molecule has 17 heavy (non-hydrogen) atoms. The van der Waals surface area contributed by atoms with Gasteiger partial charge in [-0.25, -0.2) is 0 Å². The van der Waals surface area contributed by atoms with Crippen molar-refractivity contribution in [1.29, 1.82) is 0 Å². The first-order valence-corrected chi connectivity index (χ1v) is 6.63. The van der Waals surface area contributed by atoms with Crippen LogP contribution < -0.4 is 4.90 Å². The third-order valence-corrected chi connectivity index (χ3v) is 3.94. The molecule has 1 aliphatic rings. The van der Waals surface area contributed by atoms with Crippen molar-refractivity contribution in [3.63, 3.8) is 0 Å². The molecule has 1 saturated carbocycles. The number of aliphatic hydroxyl groups excluding tert-OH is 1. The normalized spacial score (nSPS) is 26.7. The predicted molar refractivity (Wildman–Crippen MR) is 69.3 cm³/mol. The minimum absolute atomic E-state index is 0.318. The third-order valence-electron chi connectivity index (χ3n) is 3.94. The van der Waals surface area contributed by atoms with E-state index < -0.39 is 0 Å². The van der Waals surface area contributed by atoms with Gasteiger partial charge in [-0.1, -0.05) is 36.8 Å². The molecular weight excluding hydrogens is 210 g/mol. The summed E-state index contributed by atoms with van der Waals surface area (Å²) in [4.78, 5) is 1.30. The predicted octanol–water partition coefficient (Wildman–Crippen LogP) is 1.41. The van der Waals surface area contributed by atoms with Crippen molar-refractivity contribution >= 4 is 0 Å². The van der Waals surface area contributed by atoms with Crippen LogP contribution in [0.15, 0.2) is 30.3 Å². The Hall–Kier alpha value is -0.860. The zero-order chi connectivity index (χ0) is 12.1. The van der Waals surface area contributed by atoms with Gasteiger partial charge in [0.05, 0.1) is 19.2 Å². The van der Waals surface area contributed by atoms with Crippen LogP contribution in [0.25, 0.3) is 0 Å². The Bertz CT molecular complexity index is 325. The summed E-state index contributed by atoms with van der Waals surface area (Å²) in [6.45, 7) is 1.28. The van der Waals surface area contributed by atoms with Crippen molar-refractivity contribution in [2.24, 2.45) is 5.92 Å². The first-order chi connectivity index (χ1) is 8.31. The monoisotopic (exact) mass is 233 g/mol. The van der Waals surface area contributed by atoms with Gasteiger partial charge in [0, 0.05) is 11.5 Å². The molecule has 0 bridgehead atoms. The molecule has 1 aliphatic carbocycles. The highest BCUT2D eigenvalue weighted by Crippen LogP contribution is 2.22. The van der Waals surface area contributed by atoms with Gasteiger partial charge in [0.15, 0.2) is 0 Å². The summed E-state index contributed by atoms with van der Waals surface area (Å²) in [5.41, 5.74) is 1.33. The van der Waals surface area contributed by atoms with E-state index in [2.05, 4.69) is 31.3 Å². The van der Waals surface area contributed by atoms with Crippen LogP contribution in [0, 0.1) is 13.0 Å². The van der Waals surface area contributed by atoms with Gasteiger partial charge in [0.2, 0.25) is 0 Å². The van der Waals surface area contributed by atoms with E-state index in [9.17, 15) is 5.11 Å². The second-order valence-electron chi connectivity index (χ2n) is 5.15. The topological polar surface area (TPSA) is 24.7 Å². The maximum Gasteiger partial charge on any atom is 0.0789 e. The first kappa shape index (κ1) is 12.6. The van der Waals surface area contributed by atoms with Crippen LogP contribution in [0.2, 0.25) is 0 Å². The van der Waals surface area contributed by atoms with Crippen molar-refractivity contribution in [3.05, 3.63) is 42.9 Å². The molecule has 0 amide bonds. The molecule has 1 unspecified atom stereocenters. The second-order valence-corrected chi connectivity index (χ2v) is 5.15. The Morgan fingerprint density at radius 2 is 1.88 bits per heavy atom. The summed E-state index contributed by atoms with van der Waals surface area (Å²) < 4.78 is 0. The van der Waals surface area contributed by atoms with E-state index >= 15 is 0 Å². The van der Waals surface area contributed by atoms with Crippen LogP contribution in [0.3, 0.4) is 0 Å². The van der Waals surface area contributed by atoms with Crippen LogP contribution in [-0.4, -0.2) is 17.8 Å². The Morgan fingerprint density at radius 1 is 1.18 bits per heavy atom. The van der Waals surface area contributed by atoms with E-state index in [1.165, 1.54) is 29.7 Å². The summed E-state index contributed by atoms with van der Waals surface area (Å²) >= 11 is 0. The number of rotatable bonds is 4. The number of hydrogen-bond acceptors (Lipinski definition) is 1. The SMILES string of the molecule is [CH2-][NH+](Cc1ccccc1)[C@H]1CCCC[C@H]1CO. The fourth-order valence-electron chi connectivity index (χ4n) is 2.95. The molecule has 94 valence electrons. The maximum atomic E-state index is 9.44. The van der Waals surface area contributed by atoms with Gasteiger partial charge in [-0.05, 0) is 19.3 Å². The van der Waals surface area contributed by atoms with Crippen LogP contribution >= 0.6 is 0 Å². The van der Waals surface area contributed by atoms with Gasteiger partial charge in [0.25, 0.3) is 0 Å². The van der Waals surface area contributed by atoms with E-state index in [0.717, 1.165) is 13.0 Å². The molecule has 1 fully saturated rings. The highest BCUT2D eigenvalue weighted by molar-refractivity contribution is 5.13. The summed E-state index contributed by atoms with van der Waals surface area (Å²) in [6, 6.07) is 11.0. The number of aliphatic hydroxyl groups is 1. The lowest BCUT2D eigenvalue weighted by Gasteiger charge is -2.38. The number of nitrogens with one attached hydrogen (secondary N) is 1. The molecule has 0 aromatic heterocycles. The highest BCUT2D eigenvalue weighted by Gasteiger charge is 2.28. The van der Waals surface area contributed by atoms with Gasteiger partial charge in [-0.3, -0.25) is 0 Å². The lowest BCUT2D eigenvalue weighted by atomic mass is 9.84. The highest BCUT2D eigenvalue weighted by atomic mass is 16.3. The molecule has 2 N–H and O–H groups in total. The van der Waals surface area contributed by atoms with Gasteiger partial charge >= 0.3 is 0 Å². The fraction of sp³-hybridized carbons (Fsp3) is 0.533. The van der Waals surface area contributed by atoms with Crippen molar-refractivity contribution in [2.75, 3.05) is 6.61 Å². The second kappa shape index (κ2) is 6.18. The average Bonchev–Trinajstić information content (AvgIpc) is 2.40. The smallest absolute Gasteiger partial charge is 0.0789 e. The number of quaternary nitrogens is 1. The zero-order valence-electron chi connectivity index (χ0n) is 10.4.